The Morgan fingerprint density at radius 1 is 0.897 bits per heavy atom. The fraction of sp³-hybridized carbons (Fsp3) is 0.111. The fourth-order valence-corrected chi connectivity index (χ4v) is 3.64. The summed E-state index contributed by atoms with van der Waals surface area (Å²) >= 11 is 0. The summed E-state index contributed by atoms with van der Waals surface area (Å²) in [4.78, 5) is 9.33. The van der Waals surface area contributed by atoms with Crippen LogP contribution >= 0.6 is 0 Å². The number of hydrogen-bond donors (Lipinski definition) is 0. The number of fused-ring (bicyclic) bond motifs is 3. The summed E-state index contributed by atoms with van der Waals surface area (Å²) in [6.07, 6.45) is 9.91. The second-order valence-corrected chi connectivity index (χ2v) is 7.19. The van der Waals surface area contributed by atoms with Gasteiger partial charge in [0.05, 0.1) is 0 Å². The molecule has 4 aromatic rings. The average molecular weight is 377 g/mol. The second kappa shape index (κ2) is 8.24. The molecule has 0 saturated heterocycles. The lowest BCUT2D eigenvalue weighted by Crippen LogP contribution is -1.90. The molecular weight excluding hydrogens is 352 g/mol. The molecule has 0 spiro atoms. The monoisotopic (exact) mass is 376 g/mol. The maximum absolute atomic E-state index is 4.67. The van der Waals surface area contributed by atoms with Crippen molar-refractivity contribution in [1.29, 1.82) is 0 Å². The van der Waals surface area contributed by atoms with Crippen LogP contribution in [0, 0.1) is 6.92 Å². The molecule has 0 N–H and O–H groups in total. The predicted octanol–water partition coefficient (Wildman–Crippen LogP) is 7.59. The molecular formula is C27H24N2. The first-order valence-electron chi connectivity index (χ1n) is 9.89. The maximum atomic E-state index is 4.67. The van der Waals surface area contributed by atoms with E-state index in [0.29, 0.717) is 0 Å². The predicted molar refractivity (Wildman–Crippen MR) is 126 cm³/mol. The minimum absolute atomic E-state index is 0.765. The summed E-state index contributed by atoms with van der Waals surface area (Å²) in [5, 5.41) is 5.03. The van der Waals surface area contributed by atoms with Gasteiger partial charge in [-0.25, -0.2) is 9.98 Å². The number of pyridine rings is 1. The van der Waals surface area contributed by atoms with Crippen LogP contribution in [0.25, 0.3) is 32.7 Å². The lowest BCUT2D eigenvalue weighted by Gasteiger charge is -2.12. The Kier molecular flexibility index (Phi) is 5.35. The highest BCUT2D eigenvalue weighted by Crippen LogP contribution is 2.35. The van der Waals surface area contributed by atoms with E-state index < -0.39 is 0 Å². The SMILES string of the molecule is C/C=C\C=C/C(C)=Nc1ncc(-c2cc3ccccc3c3ccccc23)cc1C. The number of hydrogen-bond acceptors (Lipinski definition) is 2. The summed E-state index contributed by atoms with van der Waals surface area (Å²) in [5.74, 6) is 0.765. The van der Waals surface area contributed by atoms with Gasteiger partial charge in [-0.15, -0.1) is 0 Å². The number of aromatic nitrogens is 1. The van der Waals surface area contributed by atoms with Gasteiger partial charge in [-0.1, -0.05) is 66.8 Å². The molecule has 0 fully saturated rings. The van der Waals surface area contributed by atoms with E-state index in [4.69, 9.17) is 0 Å². The molecule has 2 nitrogen and oxygen atoms in total. The van der Waals surface area contributed by atoms with Crippen molar-refractivity contribution in [2.75, 3.05) is 0 Å². The Bertz CT molecular complexity index is 1280. The van der Waals surface area contributed by atoms with Gasteiger partial charge in [0.15, 0.2) is 5.82 Å². The Morgan fingerprint density at radius 2 is 1.62 bits per heavy atom. The molecule has 0 amide bonds. The number of aryl methyl sites for hydroxylation is 1. The molecule has 2 heteroatoms. The zero-order valence-corrected chi connectivity index (χ0v) is 17.1. The van der Waals surface area contributed by atoms with E-state index in [1.165, 1.54) is 27.1 Å². The fourth-order valence-electron chi connectivity index (χ4n) is 3.64. The van der Waals surface area contributed by atoms with Crippen molar-refractivity contribution in [3.63, 3.8) is 0 Å². The molecule has 0 radical (unpaired) electrons. The molecule has 0 aliphatic rings. The molecule has 1 aromatic heterocycles. The Labute approximate surface area is 172 Å². The van der Waals surface area contributed by atoms with E-state index in [2.05, 4.69) is 77.6 Å². The minimum Gasteiger partial charge on any atom is -0.236 e. The summed E-state index contributed by atoms with van der Waals surface area (Å²) in [6.45, 7) is 6.06. The largest absolute Gasteiger partial charge is 0.236 e. The van der Waals surface area contributed by atoms with Crippen molar-refractivity contribution in [2.45, 2.75) is 20.8 Å². The molecule has 0 unspecified atom stereocenters. The minimum atomic E-state index is 0.765. The second-order valence-electron chi connectivity index (χ2n) is 7.19. The zero-order valence-electron chi connectivity index (χ0n) is 17.1. The molecule has 0 atom stereocenters. The quantitative estimate of drug-likeness (QED) is 0.205. The summed E-state index contributed by atoms with van der Waals surface area (Å²) in [7, 11) is 0. The Morgan fingerprint density at radius 3 is 2.38 bits per heavy atom. The van der Waals surface area contributed by atoms with E-state index in [9.17, 15) is 0 Å². The molecule has 1 heterocycles. The molecule has 0 aliphatic heterocycles. The summed E-state index contributed by atoms with van der Waals surface area (Å²) in [6, 6.07) is 21.6. The van der Waals surface area contributed by atoms with Crippen LogP contribution in [0.2, 0.25) is 0 Å². The van der Waals surface area contributed by atoms with Crippen molar-refractivity contribution in [3.8, 4) is 11.1 Å². The van der Waals surface area contributed by atoms with Crippen LogP contribution in [-0.4, -0.2) is 10.7 Å². The van der Waals surface area contributed by atoms with Gasteiger partial charge in [-0.2, -0.15) is 0 Å². The van der Waals surface area contributed by atoms with Crippen molar-refractivity contribution in [1.82, 2.24) is 4.98 Å². The summed E-state index contributed by atoms with van der Waals surface area (Å²) in [5.41, 5.74) is 4.32. The van der Waals surface area contributed by atoms with Crippen molar-refractivity contribution >= 4 is 33.1 Å². The first-order valence-corrected chi connectivity index (χ1v) is 9.89. The van der Waals surface area contributed by atoms with Crippen molar-refractivity contribution < 1.29 is 0 Å². The van der Waals surface area contributed by atoms with Crippen LogP contribution in [-0.2, 0) is 0 Å². The Hall–Kier alpha value is -3.52. The normalized spacial score (nSPS) is 12.6. The van der Waals surface area contributed by atoms with E-state index in [1.54, 1.807) is 0 Å². The highest BCUT2D eigenvalue weighted by molar-refractivity contribution is 6.13. The van der Waals surface area contributed by atoms with E-state index in [-0.39, 0.29) is 0 Å². The molecule has 4 rings (SSSR count). The smallest absolute Gasteiger partial charge is 0.154 e. The molecule has 142 valence electrons. The van der Waals surface area contributed by atoms with Crippen LogP contribution in [0.5, 0.6) is 0 Å². The van der Waals surface area contributed by atoms with Crippen LogP contribution in [0.4, 0.5) is 5.82 Å². The van der Waals surface area contributed by atoms with Gasteiger partial charge >= 0.3 is 0 Å². The van der Waals surface area contributed by atoms with Crippen LogP contribution in [0.3, 0.4) is 0 Å². The number of nitrogens with zero attached hydrogens (tertiary/aromatic N) is 2. The average Bonchev–Trinajstić information content (AvgIpc) is 2.75. The van der Waals surface area contributed by atoms with Gasteiger partial charge in [-0.3, -0.25) is 0 Å². The van der Waals surface area contributed by atoms with Crippen LogP contribution in [0.1, 0.15) is 19.4 Å². The van der Waals surface area contributed by atoms with Gasteiger partial charge in [0, 0.05) is 17.5 Å². The molecule has 3 aromatic carbocycles. The zero-order chi connectivity index (χ0) is 20.2. The molecule has 29 heavy (non-hydrogen) atoms. The first kappa shape index (κ1) is 18.8. The topological polar surface area (TPSA) is 25.2 Å². The van der Waals surface area contributed by atoms with E-state index >= 15 is 0 Å². The van der Waals surface area contributed by atoms with Gasteiger partial charge in [0.1, 0.15) is 0 Å². The third-order valence-electron chi connectivity index (χ3n) is 5.05. The molecule has 0 saturated carbocycles. The van der Waals surface area contributed by atoms with Crippen molar-refractivity contribution in [2.24, 2.45) is 4.99 Å². The van der Waals surface area contributed by atoms with Crippen molar-refractivity contribution in [3.05, 3.63) is 96.7 Å². The van der Waals surface area contributed by atoms with Gasteiger partial charge in [-0.05, 0) is 71.7 Å². The number of rotatable bonds is 4. The Balaban J connectivity index is 1.82. The van der Waals surface area contributed by atoms with Crippen LogP contribution in [0.15, 0.2) is 96.2 Å². The standard InChI is InChI=1S/C27H24N2/c1-4-5-6-11-20(3)29-27-19(2)16-22(18-28-27)26-17-21-12-7-8-13-23(21)24-14-9-10-15-25(24)26/h4-18H,1-3H3/b5-4-,11-6-,29-20?. The molecule has 0 aliphatic carbocycles. The third kappa shape index (κ3) is 3.88. The lowest BCUT2D eigenvalue weighted by molar-refractivity contribution is 1.22. The lowest BCUT2D eigenvalue weighted by atomic mass is 9.93. The van der Waals surface area contributed by atoms with E-state index in [0.717, 1.165) is 22.7 Å². The van der Waals surface area contributed by atoms with Crippen LogP contribution < -0.4 is 0 Å². The number of aliphatic imine (C=N–C) groups is 1. The number of benzene rings is 3. The van der Waals surface area contributed by atoms with E-state index in [1.807, 2.05) is 44.3 Å². The van der Waals surface area contributed by atoms with Gasteiger partial charge in [0.25, 0.3) is 0 Å². The number of allylic oxidation sites excluding steroid dienone is 4. The maximum Gasteiger partial charge on any atom is 0.154 e. The third-order valence-corrected chi connectivity index (χ3v) is 5.05. The first-order chi connectivity index (χ1) is 14.2. The van der Waals surface area contributed by atoms with Gasteiger partial charge in [0.2, 0.25) is 0 Å². The highest BCUT2D eigenvalue weighted by Gasteiger charge is 2.10. The van der Waals surface area contributed by atoms with Gasteiger partial charge < -0.3 is 0 Å². The summed E-state index contributed by atoms with van der Waals surface area (Å²) < 4.78 is 0. The molecule has 0 bridgehead atoms. The highest BCUT2D eigenvalue weighted by atomic mass is 14.9.